The Morgan fingerprint density at radius 1 is 1.43 bits per heavy atom. The average molecular weight is 285 g/mol. The first kappa shape index (κ1) is 14.8. The van der Waals surface area contributed by atoms with E-state index in [-0.39, 0.29) is 18.9 Å². The van der Waals surface area contributed by atoms with Crippen molar-refractivity contribution in [3.8, 4) is 11.8 Å². The van der Waals surface area contributed by atoms with Gasteiger partial charge in [-0.25, -0.2) is 0 Å². The zero-order valence-corrected chi connectivity index (χ0v) is 11.6. The lowest BCUT2D eigenvalue weighted by molar-refractivity contribution is -0.137. The van der Waals surface area contributed by atoms with Crippen LogP contribution >= 0.6 is 0 Å². The minimum Gasteiger partial charge on any atom is -0.340 e. The van der Waals surface area contributed by atoms with Crippen molar-refractivity contribution in [3.63, 3.8) is 0 Å². The van der Waals surface area contributed by atoms with E-state index in [1.165, 1.54) is 7.05 Å². The number of imide groups is 1. The van der Waals surface area contributed by atoms with Gasteiger partial charge in [-0.2, -0.15) is 0 Å². The minimum atomic E-state index is -0.814. The molecule has 1 heterocycles. The van der Waals surface area contributed by atoms with E-state index in [4.69, 9.17) is 5.73 Å². The highest BCUT2D eigenvalue weighted by Crippen LogP contribution is 2.13. The number of nitrogens with one attached hydrogen (secondary N) is 1. The smallest absolute Gasteiger partial charge is 0.253 e. The normalized spacial score (nSPS) is 17.4. The van der Waals surface area contributed by atoms with E-state index < -0.39 is 17.9 Å². The number of likely N-dealkylation sites (N-methyl/N-ethyl adjacent to an activating group) is 1. The van der Waals surface area contributed by atoms with Gasteiger partial charge in [0, 0.05) is 12.6 Å². The van der Waals surface area contributed by atoms with Gasteiger partial charge in [-0.15, -0.1) is 0 Å². The summed E-state index contributed by atoms with van der Waals surface area (Å²) in [6.07, 6.45) is -0.0162. The van der Waals surface area contributed by atoms with Crippen LogP contribution in [0.2, 0.25) is 0 Å². The van der Waals surface area contributed by atoms with Crippen LogP contribution in [0.15, 0.2) is 24.3 Å². The lowest BCUT2D eigenvalue weighted by Gasteiger charge is -2.12. The molecule has 108 valence electrons. The molecule has 1 fully saturated rings. The van der Waals surface area contributed by atoms with Gasteiger partial charge < -0.3 is 11.1 Å². The third kappa shape index (κ3) is 3.09. The van der Waals surface area contributed by atoms with E-state index in [1.54, 1.807) is 24.3 Å². The van der Waals surface area contributed by atoms with Gasteiger partial charge in [-0.3, -0.25) is 19.3 Å². The molecule has 1 saturated heterocycles. The van der Waals surface area contributed by atoms with Crippen LogP contribution in [0.5, 0.6) is 0 Å². The van der Waals surface area contributed by atoms with E-state index in [9.17, 15) is 14.4 Å². The third-order valence-electron chi connectivity index (χ3n) is 3.18. The van der Waals surface area contributed by atoms with Gasteiger partial charge in [-0.1, -0.05) is 24.0 Å². The zero-order valence-electron chi connectivity index (χ0n) is 11.6. The van der Waals surface area contributed by atoms with Crippen molar-refractivity contribution >= 4 is 17.7 Å². The van der Waals surface area contributed by atoms with Crippen LogP contribution in [0.1, 0.15) is 22.3 Å². The van der Waals surface area contributed by atoms with Gasteiger partial charge in [0.2, 0.25) is 5.91 Å². The fourth-order valence-electron chi connectivity index (χ4n) is 2.04. The Balaban J connectivity index is 2.18. The first-order chi connectivity index (χ1) is 10.0. The zero-order chi connectivity index (χ0) is 15.4. The summed E-state index contributed by atoms with van der Waals surface area (Å²) in [5, 5.41) is 2.57. The van der Waals surface area contributed by atoms with Gasteiger partial charge >= 0.3 is 0 Å². The molecule has 3 amide bonds. The van der Waals surface area contributed by atoms with Crippen molar-refractivity contribution < 1.29 is 14.4 Å². The molecule has 2 rings (SSSR count). The first-order valence-electron chi connectivity index (χ1n) is 6.44. The molecule has 0 aliphatic carbocycles. The summed E-state index contributed by atoms with van der Waals surface area (Å²) >= 11 is 0. The average Bonchev–Trinajstić information content (AvgIpc) is 2.72. The molecular formula is C15H15N3O3. The standard InChI is InChI=1S/C15H15N3O3/c1-18-13(19)9-12(15(18)21)17-14(20)11-7-3-2-5-10(11)6-4-8-16/h2-3,5,7,12H,8-9,16H2,1H3,(H,17,20). The van der Waals surface area contributed by atoms with Crippen LogP contribution in [-0.2, 0) is 9.59 Å². The molecule has 6 nitrogen and oxygen atoms in total. The van der Waals surface area contributed by atoms with Crippen molar-refractivity contribution in [1.82, 2.24) is 10.2 Å². The summed E-state index contributed by atoms with van der Waals surface area (Å²) < 4.78 is 0. The molecule has 1 aromatic carbocycles. The molecule has 0 saturated carbocycles. The van der Waals surface area contributed by atoms with E-state index in [0.717, 1.165) is 4.90 Å². The van der Waals surface area contributed by atoms with Crippen LogP contribution in [0.3, 0.4) is 0 Å². The number of carbonyl (C=O) groups is 3. The van der Waals surface area contributed by atoms with E-state index in [1.807, 2.05) is 0 Å². The summed E-state index contributed by atoms with van der Waals surface area (Å²) in [5.74, 6) is 4.35. The second-order valence-corrected chi connectivity index (χ2v) is 4.57. The second-order valence-electron chi connectivity index (χ2n) is 4.57. The van der Waals surface area contributed by atoms with Gasteiger partial charge in [0.1, 0.15) is 6.04 Å². The summed E-state index contributed by atoms with van der Waals surface area (Å²) in [7, 11) is 1.40. The number of nitrogens with zero attached hydrogens (tertiary/aromatic N) is 1. The van der Waals surface area contributed by atoms with Crippen molar-refractivity contribution in [2.45, 2.75) is 12.5 Å². The number of amides is 3. The van der Waals surface area contributed by atoms with Crippen molar-refractivity contribution in [2.75, 3.05) is 13.6 Å². The summed E-state index contributed by atoms with van der Waals surface area (Å²) in [6.45, 7) is 0.191. The number of carbonyl (C=O) groups excluding carboxylic acids is 3. The minimum absolute atomic E-state index is 0.0162. The predicted molar refractivity (Wildman–Crippen MR) is 76.0 cm³/mol. The van der Waals surface area contributed by atoms with Crippen molar-refractivity contribution in [2.24, 2.45) is 5.73 Å². The monoisotopic (exact) mass is 285 g/mol. The Bertz CT molecular complexity index is 658. The van der Waals surface area contributed by atoms with Crippen molar-refractivity contribution in [3.05, 3.63) is 35.4 Å². The SMILES string of the molecule is CN1C(=O)CC(NC(=O)c2ccccc2C#CCN)C1=O. The van der Waals surface area contributed by atoms with Crippen LogP contribution < -0.4 is 11.1 Å². The first-order valence-corrected chi connectivity index (χ1v) is 6.44. The number of nitrogens with two attached hydrogens (primary N) is 1. The Kier molecular flexibility index (Phi) is 4.36. The van der Waals surface area contributed by atoms with Gasteiger partial charge in [0.25, 0.3) is 11.8 Å². The summed E-state index contributed by atoms with van der Waals surface area (Å²) in [4.78, 5) is 36.5. The fourth-order valence-corrected chi connectivity index (χ4v) is 2.04. The lowest BCUT2D eigenvalue weighted by atomic mass is 10.1. The topological polar surface area (TPSA) is 92.5 Å². The number of rotatable bonds is 2. The number of likely N-dealkylation sites (tertiary alicyclic amines) is 1. The highest BCUT2D eigenvalue weighted by Gasteiger charge is 2.37. The fraction of sp³-hybridized carbons (Fsp3) is 0.267. The van der Waals surface area contributed by atoms with Crippen LogP contribution in [0.4, 0.5) is 0 Å². The van der Waals surface area contributed by atoms with Crippen LogP contribution in [-0.4, -0.2) is 42.3 Å². The molecule has 21 heavy (non-hydrogen) atoms. The molecule has 1 atom stereocenters. The Labute approximate surface area is 122 Å². The van der Waals surface area contributed by atoms with Gasteiger partial charge in [-0.05, 0) is 12.1 Å². The summed E-state index contributed by atoms with van der Waals surface area (Å²) in [6, 6.07) is 5.96. The lowest BCUT2D eigenvalue weighted by Crippen LogP contribution is -2.40. The molecule has 1 aliphatic heterocycles. The molecule has 1 aromatic rings. The summed E-state index contributed by atoms with van der Waals surface area (Å²) in [5.41, 5.74) is 6.21. The number of hydrogen-bond acceptors (Lipinski definition) is 4. The van der Waals surface area contributed by atoms with Gasteiger partial charge in [0.05, 0.1) is 18.5 Å². The molecule has 0 bridgehead atoms. The van der Waals surface area contributed by atoms with E-state index in [0.29, 0.717) is 11.1 Å². The van der Waals surface area contributed by atoms with E-state index >= 15 is 0 Å². The second kappa shape index (κ2) is 6.20. The molecule has 3 N–H and O–H groups in total. The molecule has 0 radical (unpaired) electrons. The van der Waals surface area contributed by atoms with Crippen LogP contribution in [0.25, 0.3) is 0 Å². The molecular weight excluding hydrogens is 270 g/mol. The Morgan fingerprint density at radius 3 is 2.76 bits per heavy atom. The Hall–Kier alpha value is -2.65. The maximum Gasteiger partial charge on any atom is 0.253 e. The molecule has 0 aromatic heterocycles. The van der Waals surface area contributed by atoms with Crippen molar-refractivity contribution in [1.29, 1.82) is 0 Å². The van der Waals surface area contributed by atoms with Crippen LogP contribution in [0, 0.1) is 11.8 Å². The highest BCUT2D eigenvalue weighted by atomic mass is 16.2. The third-order valence-corrected chi connectivity index (χ3v) is 3.18. The molecule has 1 aliphatic rings. The Morgan fingerprint density at radius 2 is 2.14 bits per heavy atom. The largest absolute Gasteiger partial charge is 0.340 e. The molecule has 0 spiro atoms. The van der Waals surface area contributed by atoms with Gasteiger partial charge in [0.15, 0.2) is 0 Å². The predicted octanol–water partition coefficient (Wildman–Crippen LogP) is -0.516. The quantitative estimate of drug-likeness (QED) is 0.565. The molecule has 1 unspecified atom stereocenters. The van der Waals surface area contributed by atoms with E-state index in [2.05, 4.69) is 17.2 Å². The highest BCUT2D eigenvalue weighted by molar-refractivity contribution is 6.08. The number of benzene rings is 1. The number of hydrogen-bond donors (Lipinski definition) is 2. The maximum atomic E-state index is 12.3. The maximum absolute atomic E-state index is 12.3. The molecule has 6 heteroatoms.